The SMILES string of the molecule is Cc1ccn2c(NC(=O)CCC=Cc3ccccc3)nnc2c1. The second-order valence-electron chi connectivity index (χ2n) is 5.36. The summed E-state index contributed by atoms with van der Waals surface area (Å²) in [5.74, 6) is 0.384. The van der Waals surface area contributed by atoms with Gasteiger partial charge < -0.3 is 0 Å². The summed E-state index contributed by atoms with van der Waals surface area (Å²) in [6.45, 7) is 1.99. The van der Waals surface area contributed by atoms with Gasteiger partial charge in [0.25, 0.3) is 0 Å². The van der Waals surface area contributed by atoms with Crippen molar-refractivity contribution < 1.29 is 4.79 Å². The smallest absolute Gasteiger partial charge is 0.235 e. The van der Waals surface area contributed by atoms with Crippen LogP contribution in [0.25, 0.3) is 11.7 Å². The van der Waals surface area contributed by atoms with E-state index in [2.05, 4.69) is 15.5 Å². The van der Waals surface area contributed by atoms with Gasteiger partial charge in [0.1, 0.15) is 0 Å². The van der Waals surface area contributed by atoms with Gasteiger partial charge in [0.15, 0.2) is 5.65 Å². The average molecular weight is 306 g/mol. The van der Waals surface area contributed by atoms with Crippen LogP contribution in [-0.4, -0.2) is 20.5 Å². The van der Waals surface area contributed by atoms with Gasteiger partial charge in [0.05, 0.1) is 0 Å². The largest absolute Gasteiger partial charge is 0.294 e. The number of fused-ring (bicyclic) bond motifs is 1. The summed E-state index contributed by atoms with van der Waals surface area (Å²) in [5, 5.41) is 10.9. The normalized spacial score (nSPS) is 11.2. The number of aryl methyl sites for hydroxylation is 1. The lowest BCUT2D eigenvalue weighted by molar-refractivity contribution is -0.116. The maximum absolute atomic E-state index is 12.0. The van der Waals surface area contributed by atoms with Gasteiger partial charge in [-0.05, 0) is 36.6 Å². The van der Waals surface area contributed by atoms with Crippen LogP contribution in [0.15, 0.2) is 54.7 Å². The molecule has 0 saturated heterocycles. The number of nitrogens with zero attached hydrogens (tertiary/aromatic N) is 3. The highest BCUT2D eigenvalue weighted by atomic mass is 16.1. The van der Waals surface area contributed by atoms with Crippen molar-refractivity contribution in [3.8, 4) is 0 Å². The molecule has 0 radical (unpaired) electrons. The van der Waals surface area contributed by atoms with Gasteiger partial charge in [-0.15, -0.1) is 10.2 Å². The van der Waals surface area contributed by atoms with E-state index in [0.29, 0.717) is 18.8 Å². The molecule has 3 aromatic rings. The molecule has 23 heavy (non-hydrogen) atoms. The van der Waals surface area contributed by atoms with Crippen LogP contribution < -0.4 is 5.32 Å². The molecule has 3 rings (SSSR count). The molecule has 2 aromatic heterocycles. The number of hydrogen-bond donors (Lipinski definition) is 1. The van der Waals surface area contributed by atoms with Crippen LogP contribution >= 0.6 is 0 Å². The summed E-state index contributed by atoms with van der Waals surface area (Å²) in [6, 6.07) is 13.9. The topological polar surface area (TPSA) is 59.3 Å². The molecule has 0 aliphatic carbocycles. The third kappa shape index (κ3) is 3.83. The molecule has 5 nitrogen and oxygen atoms in total. The number of aromatic nitrogens is 3. The first-order chi connectivity index (χ1) is 11.2. The molecule has 0 unspecified atom stereocenters. The molecule has 5 heteroatoms. The zero-order valence-corrected chi connectivity index (χ0v) is 12.9. The third-order valence-corrected chi connectivity index (χ3v) is 3.46. The van der Waals surface area contributed by atoms with Crippen molar-refractivity contribution >= 4 is 23.6 Å². The van der Waals surface area contributed by atoms with Crippen LogP contribution in [0.1, 0.15) is 24.0 Å². The zero-order chi connectivity index (χ0) is 16.1. The Hall–Kier alpha value is -2.95. The zero-order valence-electron chi connectivity index (χ0n) is 12.9. The van der Waals surface area contributed by atoms with Crippen molar-refractivity contribution in [3.63, 3.8) is 0 Å². The van der Waals surface area contributed by atoms with E-state index in [1.165, 1.54) is 0 Å². The monoisotopic (exact) mass is 306 g/mol. The molecule has 0 fully saturated rings. The lowest BCUT2D eigenvalue weighted by atomic mass is 10.2. The predicted octanol–water partition coefficient (Wildman–Crippen LogP) is 3.47. The van der Waals surface area contributed by atoms with Crippen molar-refractivity contribution in [2.24, 2.45) is 0 Å². The van der Waals surface area contributed by atoms with Gasteiger partial charge in [-0.25, -0.2) is 0 Å². The molecule has 2 heterocycles. The highest BCUT2D eigenvalue weighted by molar-refractivity contribution is 5.89. The number of benzene rings is 1. The number of pyridine rings is 1. The summed E-state index contributed by atoms with van der Waals surface area (Å²) < 4.78 is 1.77. The molecular formula is C18H18N4O. The summed E-state index contributed by atoms with van der Waals surface area (Å²) in [6.07, 6.45) is 6.96. The maximum Gasteiger partial charge on any atom is 0.235 e. The Labute approximate surface area is 134 Å². The number of carbonyl (C=O) groups excluding carboxylic acids is 1. The van der Waals surface area contributed by atoms with E-state index >= 15 is 0 Å². The van der Waals surface area contributed by atoms with Gasteiger partial charge in [0.2, 0.25) is 11.9 Å². The highest BCUT2D eigenvalue weighted by Gasteiger charge is 2.08. The van der Waals surface area contributed by atoms with E-state index in [-0.39, 0.29) is 5.91 Å². The third-order valence-electron chi connectivity index (χ3n) is 3.46. The van der Waals surface area contributed by atoms with Crippen LogP contribution in [0.2, 0.25) is 0 Å². The van der Waals surface area contributed by atoms with Crippen molar-refractivity contribution in [2.75, 3.05) is 5.32 Å². The Bertz CT molecular complexity index is 837. The average Bonchev–Trinajstić information content (AvgIpc) is 2.94. The van der Waals surface area contributed by atoms with E-state index in [4.69, 9.17) is 0 Å². The molecule has 1 N–H and O–H groups in total. The first kappa shape index (κ1) is 15.0. The predicted molar refractivity (Wildman–Crippen MR) is 91.1 cm³/mol. The first-order valence-corrected chi connectivity index (χ1v) is 7.55. The van der Waals surface area contributed by atoms with Crippen molar-refractivity contribution in [2.45, 2.75) is 19.8 Å². The Morgan fingerprint density at radius 1 is 1.22 bits per heavy atom. The summed E-state index contributed by atoms with van der Waals surface area (Å²) in [5.41, 5.74) is 2.96. The van der Waals surface area contributed by atoms with Crippen molar-refractivity contribution in [3.05, 3.63) is 65.9 Å². The Morgan fingerprint density at radius 3 is 2.87 bits per heavy atom. The lowest BCUT2D eigenvalue weighted by Gasteiger charge is -2.02. The fraction of sp³-hybridized carbons (Fsp3) is 0.167. The number of rotatable bonds is 5. The molecular weight excluding hydrogens is 288 g/mol. The van der Waals surface area contributed by atoms with E-state index < -0.39 is 0 Å². The van der Waals surface area contributed by atoms with E-state index in [0.717, 1.165) is 16.8 Å². The van der Waals surface area contributed by atoms with Gasteiger partial charge in [-0.1, -0.05) is 42.5 Å². The van der Waals surface area contributed by atoms with Gasteiger partial charge in [-0.2, -0.15) is 0 Å². The Morgan fingerprint density at radius 2 is 2.04 bits per heavy atom. The van der Waals surface area contributed by atoms with Gasteiger partial charge >= 0.3 is 0 Å². The summed E-state index contributed by atoms with van der Waals surface area (Å²) in [7, 11) is 0. The van der Waals surface area contributed by atoms with Crippen LogP contribution in [0.5, 0.6) is 0 Å². The Balaban J connectivity index is 1.55. The molecule has 0 bridgehead atoms. The number of allylic oxidation sites excluding steroid dienone is 1. The lowest BCUT2D eigenvalue weighted by Crippen LogP contribution is -2.13. The molecule has 116 valence electrons. The number of carbonyl (C=O) groups is 1. The van der Waals surface area contributed by atoms with Gasteiger partial charge in [-0.3, -0.25) is 14.5 Å². The van der Waals surface area contributed by atoms with Crippen molar-refractivity contribution in [1.29, 1.82) is 0 Å². The first-order valence-electron chi connectivity index (χ1n) is 7.55. The van der Waals surface area contributed by atoms with Crippen LogP contribution in [-0.2, 0) is 4.79 Å². The quantitative estimate of drug-likeness (QED) is 0.785. The molecule has 0 spiro atoms. The van der Waals surface area contributed by atoms with Crippen LogP contribution in [0.4, 0.5) is 5.95 Å². The van der Waals surface area contributed by atoms with Crippen molar-refractivity contribution in [1.82, 2.24) is 14.6 Å². The fourth-order valence-electron chi connectivity index (χ4n) is 2.26. The number of hydrogen-bond acceptors (Lipinski definition) is 3. The fourth-order valence-corrected chi connectivity index (χ4v) is 2.26. The minimum absolute atomic E-state index is 0.0717. The highest BCUT2D eigenvalue weighted by Crippen LogP contribution is 2.11. The van der Waals surface area contributed by atoms with E-state index in [9.17, 15) is 4.79 Å². The molecule has 0 aliphatic rings. The number of nitrogens with one attached hydrogen (secondary N) is 1. The molecule has 0 atom stereocenters. The number of amides is 1. The second kappa shape index (κ2) is 6.87. The molecule has 1 amide bonds. The minimum Gasteiger partial charge on any atom is -0.294 e. The van der Waals surface area contributed by atoms with E-state index in [1.807, 2.05) is 67.7 Å². The second-order valence-corrected chi connectivity index (χ2v) is 5.36. The maximum atomic E-state index is 12.0. The standard InChI is InChI=1S/C18H18N4O/c1-14-11-12-22-16(13-14)20-21-18(22)19-17(23)10-6-5-9-15-7-3-2-4-8-15/h2-5,7-9,11-13H,6,10H2,1H3,(H,19,21,23). The minimum atomic E-state index is -0.0717. The van der Waals surface area contributed by atoms with Gasteiger partial charge in [0, 0.05) is 12.6 Å². The summed E-state index contributed by atoms with van der Waals surface area (Å²) >= 11 is 0. The Kier molecular flexibility index (Phi) is 4.47. The van der Waals surface area contributed by atoms with Crippen LogP contribution in [0.3, 0.4) is 0 Å². The molecule has 0 saturated carbocycles. The molecule has 0 aliphatic heterocycles. The number of anilines is 1. The van der Waals surface area contributed by atoms with E-state index in [1.54, 1.807) is 4.40 Å². The molecule has 1 aromatic carbocycles. The summed E-state index contributed by atoms with van der Waals surface area (Å²) in [4.78, 5) is 12.0. The van der Waals surface area contributed by atoms with Crippen LogP contribution in [0, 0.1) is 6.92 Å².